The van der Waals surface area contributed by atoms with E-state index in [9.17, 15) is 4.79 Å². The van der Waals surface area contributed by atoms with Gasteiger partial charge in [0.05, 0.1) is 0 Å². The highest BCUT2D eigenvalue weighted by Crippen LogP contribution is 2.42. The summed E-state index contributed by atoms with van der Waals surface area (Å²) in [5.41, 5.74) is 2.08. The van der Waals surface area contributed by atoms with Crippen LogP contribution in [0.3, 0.4) is 0 Å². The molecule has 0 radical (unpaired) electrons. The average Bonchev–Trinajstić information content (AvgIpc) is 2.73. The quantitative estimate of drug-likeness (QED) is 0.757. The van der Waals surface area contributed by atoms with Gasteiger partial charge in [0.25, 0.3) is 5.91 Å². The number of fused-ring (bicyclic) bond motifs is 5. The van der Waals surface area contributed by atoms with Crippen molar-refractivity contribution in [3.8, 4) is 0 Å². The highest BCUT2D eigenvalue weighted by molar-refractivity contribution is 5.99. The van der Waals surface area contributed by atoms with E-state index in [1.807, 2.05) is 18.2 Å². The second-order valence-corrected chi connectivity index (χ2v) is 5.72. The lowest BCUT2D eigenvalue weighted by Gasteiger charge is -2.46. The van der Waals surface area contributed by atoms with Gasteiger partial charge in [-0.05, 0) is 24.8 Å². The Morgan fingerprint density at radius 1 is 1.17 bits per heavy atom. The minimum absolute atomic E-state index is 0.132. The van der Waals surface area contributed by atoms with E-state index in [4.69, 9.17) is 0 Å². The molecule has 1 N–H and O–H groups in total. The fourth-order valence-corrected chi connectivity index (χ4v) is 3.94. The van der Waals surface area contributed by atoms with E-state index in [0.29, 0.717) is 12.0 Å². The molecular weight excluding hydrogens is 224 g/mol. The largest absolute Gasteiger partial charge is 0.316 e. The van der Waals surface area contributed by atoms with Crippen molar-refractivity contribution >= 4 is 5.91 Å². The van der Waals surface area contributed by atoms with Crippen molar-refractivity contribution in [2.45, 2.75) is 37.9 Å². The minimum Gasteiger partial charge on any atom is -0.316 e. The zero-order chi connectivity index (χ0) is 12.1. The van der Waals surface area contributed by atoms with Crippen molar-refractivity contribution in [2.75, 3.05) is 6.54 Å². The summed E-state index contributed by atoms with van der Waals surface area (Å²) in [5, 5.41) is 3.57. The Hall–Kier alpha value is -1.35. The molecule has 3 atom stereocenters. The van der Waals surface area contributed by atoms with Crippen molar-refractivity contribution in [3.05, 3.63) is 35.4 Å². The molecular formula is C15H18N2O. The third kappa shape index (κ3) is 1.31. The molecule has 1 aromatic rings. The average molecular weight is 242 g/mol. The van der Waals surface area contributed by atoms with Crippen LogP contribution in [0.25, 0.3) is 0 Å². The third-order valence-electron chi connectivity index (χ3n) is 4.80. The number of hydrogen-bond acceptors (Lipinski definition) is 2. The summed E-state index contributed by atoms with van der Waals surface area (Å²) in [6.45, 7) is 1.06. The van der Waals surface area contributed by atoms with Crippen LogP contribution in [0.15, 0.2) is 24.3 Å². The monoisotopic (exact) mass is 242 g/mol. The summed E-state index contributed by atoms with van der Waals surface area (Å²) >= 11 is 0. The van der Waals surface area contributed by atoms with Crippen LogP contribution in [0.1, 0.15) is 47.8 Å². The Bertz CT molecular complexity index is 499. The zero-order valence-corrected chi connectivity index (χ0v) is 10.4. The highest BCUT2D eigenvalue weighted by Gasteiger charge is 2.46. The molecule has 0 unspecified atom stereocenters. The maximum atomic E-state index is 12.6. The molecule has 2 fully saturated rings. The van der Waals surface area contributed by atoms with Gasteiger partial charge >= 0.3 is 0 Å². The third-order valence-corrected chi connectivity index (χ3v) is 4.80. The summed E-state index contributed by atoms with van der Waals surface area (Å²) < 4.78 is 0. The standard InChI is InChI=1S/C15H18N2O/c18-15-12-7-3-2-6-11(12)14-16-9-10-5-1-4-8-13(10)17(14)15/h2-3,6-7,10,13-14,16H,1,4-5,8-9H2/t10-,13-,14-/m1/s1. The Kier molecular flexibility index (Phi) is 2.24. The molecule has 3 heteroatoms. The number of nitrogens with one attached hydrogen (secondary N) is 1. The van der Waals surface area contributed by atoms with Gasteiger partial charge in [0.1, 0.15) is 6.17 Å². The number of hydrogen-bond donors (Lipinski definition) is 1. The van der Waals surface area contributed by atoms with Crippen LogP contribution in [0.5, 0.6) is 0 Å². The molecule has 94 valence electrons. The van der Waals surface area contributed by atoms with Crippen LogP contribution < -0.4 is 5.32 Å². The maximum Gasteiger partial charge on any atom is 0.256 e. The fraction of sp³-hybridized carbons (Fsp3) is 0.533. The van der Waals surface area contributed by atoms with Crippen molar-refractivity contribution in [1.82, 2.24) is 10.2 Å². The van der Waals surface area contributed by atoms with E-state index < -0.39 is 0 Å². The Balaban J connectivity index is 1.76. The molecule has 2 heterocycles. The molecule has 0 bridgehead atoms. The number of carbonyl (C=O) groups is 1. The van der Waals surface area contributed by atoms with E-state index in [-0.39, 0.29) is 12.1 Å². The summed E-state index contributed by atoms with van der Waals surface area (Å²) in [7, 11) is 0. The summed E-state index contributed by atoms with van der Waals surface area (Å²) in [5.74, 6) is 0.896. The topological polar surface area (TPSA) is 32.3 Å². The van der Waals surface area contributed by atoms with E-state index in [0.717, 1.165) is 12.1 Å². The van der Waals surface area contributed by atoms with E-state index in [2.05, 4.69) is 16.3 Å². The second-order valence-electron chi connectivity index (χ2n) is 5.72. The first kappa shape index (κ1) is 10.6. The molecule has 2 aliphatic heterocycles. The lowest BCUT2D eigenvalue weighted by molar-refractivity contribution is 0.0178. The molecule has 3 aliphatic rings. The summed E-state index contributed by atoms with van der Waals surface area (Å²) in [4.78, 5) is 14.7. The molecule has 1 amide bonds. The van der Waals surface area contributed by atoms with Gasteiger partial charge in [0, 0.05) is 23.7 Å². The first-order chi connectivity index (χ1) is 8.86. The van der Waals surface area contributed by atoms with Crippen molar-refractivity contribution < 1.29 is 4.79 Å². The minimum atomic E-state index is 0.132. The Morgan fingerprint density at radius 3 is 2.94 bits per heavy atom. The van der Waals surface area contributed by atoms with Crippen molar-refractivity contribution in [2.24, 2.45) is 5.92 Å². The predicted molar refractivity (Wildman–Crippen MR) is 69.1 cm³/mol. The van der Waals surface area contributed by atoms with E-state index in [1.165, 1.54) is 31.2 Å². The van der Waals surface area contributed by atoms with Crippen LogP contribution >= 0.6 is 0 Å². The van der Waals surface area contributed by atoms with Crippen LogP contribution in [0.4, 0.5) is 0 Å². The SMILES string of the molecule is O=C1c2ccccc2[C@@H]2NC[C@H]3CCCC[C@H]3N12. The molecule has 18 heavy (non-hydrogen) atoms. The lowest BCUT2D eigenvalue weighted by atomic mass is 9.82. The van der Waals surface area contributed by atoms with Gasteiger partial charge in [-0.3, -0.25) is 10.1 Å². The number of nitrogens with zero attached hydrogens (tertiary/aromatic N) is 1. The molecule has 1 aliphatic carbocycles. The lowest BCUT2D eigenvalue weighted by Crippen LogP contribution is -2.55. The van der Waals surface area contributed by atoms with Gasteiger partial charge in [-0.2, -0.15) is 0 Å². The molecule has 0 spiro atoms. The van der Waals surface area contributed by atoms with Crippen molar-refractivity contribution in [3.63, 3.8) is 0 Å². The Labute approximate surface area is 107 Å². The van der Waals surface area contributed by atoms with Crippen LogP contribution in [0, 0.1) is 5.92 Å². The van der Waals surface area contributed by atoms with E-state index >= 15 is 0 Å². The molecule has 1 saturated carbocycles. The second kappa shape index (κ2) is 3.82. The van der Waals surface area contributed by atoms with Gasteiger partial charge in [0.15, 0.2) is 0 Å². The van der Waals surface area contributed by atoms with Crippen LogP contribution in [-0.2, 0) is 0 Å². The summed E-state index contributed by atoms with van der Waals surface area (Å²) in [6, 6.07) is 8.52. The fourth-order valence-electron chi connectivity index (χ4n) is 3.94. The number of benzene rings is 1. The van der Waals surface area contributed by atoms with Gasteiger partial charge in [0.2, 0.25) is 0 Å². The highest BCUT2D eigenvalue weighted by atomic mass is 16.2. The molecule has 4 rings (SSSR count). The number of amides is 1. The van der Waals surface area contributed by atoms with Gasteiger partial charge in [-0.25, -0.2) is 0 Å². The summed E-state index contributed by atoms with van der Waals surface area (Å²) in [6.07, 6.45) is 5.18. The zero-order valence-electron chi connectivity index (χ0n) is 10.4. The molecule has 1 aromatic carbocycles. The van der Waals surface area contributed by atoms with Gasteiger partial charge in [-0.15, -0.1) is 0 Å². The normalized spacial score (nSPS) is 33.9. The first-order valence-electron chi connectivity index (χ1n) is 7.01. The molecule has 1 saturated heterocycles. The maximum absolute atomic E-state index is 12.6. The van der Waals surface area contributed by atoms with E-state index in [1.54, 1.807) is 0 Å². The molecule has 3 nitrogen and oxygen atoms in total. The van der Waals surface area contributed by atoms with Crippen molar-refractivity contribution in [1.29, 1.82) is 0 Å². The number of carbonyl (C=O) groups excluding carboxylic acids is 1. The predicted octanol–water partition coefficient (Wildman–Crippen LogP) is 2.30. The Morgan fingerprint density at radius 2 is 2.00 bits per heavy atom. The smallest absolute Gasteiger partial charge is 0.256 e. The van der Waals surface area contributed by atoms with Gasteiger partial charge < -0.3 is 4.90 Å². The number of rotatable bonds is 0. The first-order valence-corrected chi connectivity index (χ1v) is 7.01. The van der Waals surface area contributed by atoms with Crippen LogP contribution in [0.2, 0.25) is 0 Å². The molecule has 0 aromatic heterocycles. The van der Waals surface area contributed by atoms with Gasteiger partial charge in [-0.1, -0.05) is 31.0 Å². The van der Waals surface area contributed by atoms with Crippen LogP contribution in [-0.4, -0.2) is 23.4 Å².